The molecule has 4 aromatic rings. The van der Waals surface area contributed by atoms with Crippen molar-refractivity contribution < 1.29 is 17.9 Å². The van der Waals surface area contributed by atoms with Crippen molar-refractivity contribution in [2.75, 3.05) is 25.1 Å². The Morgan fingerprint density at radius 3 is 2.61 bits per heavy atom. The molecule has 0 atom stereocenters. The normalized spacial score (nSPS) is 14.7. The van der Waals surface area contributed by atoms with E-state index in [1.54, 1.807) is 26.3 Å². The van der Waals surface area contributed by atoms with Crippen LogP contribution in [0.1, 0.15) is 30.2 Å². The summed E-state index contributed by atoms with van der Waals surface area (Å²) in [5, 5.41) is 10.6. The number of aryl methyl sites for hydroxylation is 1. The van der Waals surface area contributed by atoms with E-state index in [0.29, 0.717) is 48.8 Å². The van der Waals surface area contributed by atoms with Gasteiger partial charge in [0.25, 0.3) is 5.56 Å². The van der Waals surface area contributed by atoms with Gasteiger partial charge in [-0.3, -0.25) is 4.79 Å². The molecular formula is C24H20F2N4O3. The molecule has 2 aromatic carbocycles. The first-order valence-electron chi connectivity index (χ1n) is 10.5. The van der Waals surface area contributed by atoms with Crippen LogP contribution < -0.4 is 15.2 Å². The summed E-state index contributed by atoms with van der Waals surface area (Å²) >= 11 is 0. The highest BCUT2D eigenvalue weighted by Crippen LogP contribution is 2.36. The van der Waals surface area contributed by atoms with Gasteiger partial charge in [-0.05, 0) is 25.0 Å². The summed E-state index contributed by atoms with van der Waals surface area (Å²) in [5.74, 6) is -0.916. The second kappa shape index (κ2) is 7.89. The molecule has 0 saturated carbocycles. The molecule has 2 aromatic heterocycles. The van der Waals surface area contributed by atoms with Crippen molar-refractivity contribution >= 4 is 27.7 Å². The fourth-order valence-corrected chi connectivity index (χ4v) is 4.52. The molecule has 168 valence electrons. The van der Waals surface area contributed by atoms with E-state index >= 15 is 0 Å². The summed E-state index contributed by atoms with van der Waals surface area (Å²) in [4.78, 5) is 19.3. The van der Waals surface area contributed by atoms with Gasteiger partial charge in [0.2, 0.25) is 0 Å². The number of benzene rings is 2. The molecule has 0 N–H and O–H groups in total. The number of nitrogens with zero attached hydrogens (tertiary/aromatic N) is 4. The standard InChI is InChI=1S/C24H20F2N4O3/c1-29-20-9-14(32-2)3-4-15(20)22(16(12-27)24(29)31)30-7-5-13(6-8-30)23-28-19-10-17(25)18(26)11-21(19)33-23/h3-4,9-11,13H,5-8H2,1-2H3. The Morgan fingerprint density at radius 1 is 1.18 bits per heavy atom. The van der Waals surface area contributed by atoms with Crippen molar-refractivity contribution in [3.05, 3.63) is 63.8 Å². The number of piperidine rings is 1. The van der Waals surface area contributed by atoms with Gasteiger partial charge in [-0.1, -0.05) is 0 Å². The highest BCUT2D eigenvalue weighted by atomic mass is 19.2. The van der Waals surface area contributed by atoms with Crippen molar-refractivity contribution in [3.63, 3.8) is 0 Å². The molecule has 1 aliphatic rings. The third-order valence-electron chi connectivity index (χ3n) is 6.30. The Labute approximate surface area is 187 Å². The van der Waals surface area contributed by atoms with Gasteiger partial charge in [0.1, 0.15) is 22.9 Å². The van der Waals surface area contributed by atoms with Crippen LogP contribution in [-0.4, -0.2) is 29.8 Å². The predicted octanol–water partition coefficient (Wildman–Crippen LogP) is 4.22. The quantitative estimate of drug-likeness (QED) is 0.465. The first kappa shape index (κ1) is 20.9. The number of hydrogen-bond acceptors (Lipinski definition) is 6. The molecule has 0 radical (unpaired) electrons. The van der Waals surface area contributed by atoms with Crippen molar-refractivity contribution in [2.45, 2.75) is 18.8 Å². The smallest absolute Gasteiger partial charge is 0.270 e. The number of methoxy groups -OCH3 is 1. The van der Waals surface area contributed by atoms with Gasteiger partial charge in [0, 0.05) is 49.6 Å². The highest BCUT2D eigenvalue weighted by Gasteiger charge is 2.28. The first-order chi connectivity index (χ1) is 15.9. The van der Waals surface area contributed by atoms with Gasteiger partial charge in [0.15, 0.2) is 23.1 Å². The van der Waals surface area contributed by atoms with E-state index in [1.165, 1.54) is 4.57 Å². The lowest BCUT2D eigenvalue weighted by Gasteiger charge is -2.33. The van der Waals surface area contributed by atoms with Gasteiger partial charge in [-0.2, -0.15) is 5.26 Å². The van der Waals surface area contributed by atoms with Gasteiger partial charge in [0.05, 0.1) is 18.3 Å². The summed E-state index contributed by atoms with van der Waals surface area (Å²) in [7, 11) is 3.20. The minimum Gasteiger partial charge on any atom is -0.497 e. The van der Waals surface area contributed by atoms with Crippen LogP contribution >= 0.6 is 0 Å². The number of fused-ring (bicyclic) bond motifs is 2. The molecule has 1 fully saturated rings. The molecule has 1 saturated heterocycles. The molecule has 0 spiro atoms. The first-order valence-corrected chi connectivity index (χ1v) is 10.5. The van der Waals surface area contributed by atoms with Crippen molar-refractivity contribution in [2.24, 2.45) is 7.05 Å². The third-order valence-corrected chi connectivity index (χ3v) is 6.30. The van der Waals surface area contributed by atoms with E-state index in [-0.39, 0.29) is 28.1 Å². The lowest BCUT2D eigenvalue weighted by Crippen LogP contribution is -2.35. The number of ether oxygens (including phenoxy) is 1. The molecular weight excluding hydrogens is 430 g/mol. The second-order valence-electron chi connectivity index (χ2n) is 8.13. The number of oxazole rings is 1. The third kappa shape index (κ3) is 3.39. The van der Waals surface area contributed by atoms with Crippen LogP contribution in [0.15, 0.2) is 39.5 Å². The zero-order valence-corrected chi connectivity index (χ0v) is 18.1. The minimum atomic E-state index is -0.974. The summed E-state index contributed by atoms with van der Waals surface area (Å²) in [6.07, 6.45) is 1.30. The molecule has 0 amide bonds. The van der Waals surface area contributed by atoms with Gasteiger partial charge >= 0.3 is 0 Å². The van der Waals surface area contributed by atoms with E-state index in [4.69, 9.17) is 9.15 Å². The molecule has 7 nitrogen and oxygen atoms in total. The Morgan fingerprint density at radius 2 is 1.91 bits per heavy atom. The van der Waals surface area contributed by atoms with Gasteiger partial charge in [-0.15, -0.1) is 0 Å². The average molecular weight is 450 g/mol. The molecule has 3 heterocycles. The number of pyridine rings is 1. The summed E-state index contributed by atoms with van der Waals surface area (Å²) < 4.78 is 39.5. The molecule has 0 bridgehead atoms. The monoisotopic (exact) mass is 450 g/mol. The van der Waals surface area contributed by atoms with E-state index in [1.807, 2.05) is 11.0 Å². The maximum atomic E-state index is 13.5. The van der Waals surface area contributed by atoms with E-state index in [2.05, 4.69) is 11.1 Å². The number of halogens is 2. The van der Waals surface area contributed by atoms with E-state index < -0.39 is 11.6 Å². The fourth-order valence-electron chi connectivity index (χ4n) is 4.52. The summed E-state index contributed by atoms with van der Waals surface area (Å²) in [6.45, 7) is 1.13. The number of anilines is 1. The van der Waals surface area contributed by atoms with E-state index in [9.17, 15) is 18.8 Å². The number of nitriles is 1. The minimum absolute atomic E-state index is 0.0387. The topological polar surface area (TPSA) is 84.3 Å². The van der Waals surface area contributed by atoms with Crippen LogP contribution in [0.25, 0.3) is 22.0 Å². The van der Waals surface area contributed by atoms with Crippen LogP contribution in [0.3, 0.4) is 0 Å². The predicted molar refractivity (Wildman–Crippen MR) is 119 cm³/mol. The number of hydrogen-bond donors (Lipinski definition) is 0. The Hall–Kier alpha value is -3.93. The fraction of sp³-hybridized carbons (Fsp3) is 0.292. The van der Waals surface area contributed by atoms with Crippen molar-refractivity contribution in [3.8, 4) is 11.8 Å². The van der Waals surface area contributed by atoms with Crippen molar-refractivity contribution in [1.82, 2.24) is 9.55 Å². The van der Waals surface area contributed by atoms with Crippen LogP contribution in [0.4, 0.5) is 14.5 Å². The zero-order valence-electron chi connectivity index (χ0n) is 18.1. The Kier molecular flexibility index (Phi) is 5.01. The van der Waals surface area contributed by atoms with Crippen LogP contribution in [0.5, 0.6) is 5.75 Å². The number of rotatable bonds is 3. The van der Waals surface area contributed by atoms with Crippen LogP contribution in [0, 0.1) is 23.0 Å². The van der Waals surface area contributed by atoms with Crippen LogP contribution in [-0.2, 0) is 7.05 Å². The summed E-state index contributed by atoms with van der Waals surface area (Å²) in [6, 6.07) is 9.58. The van der Waals surface area contributed by atoms with Crippen molar-refractivity contribution in [1.29, 1.82) is 5.26 Å². The second-order valence-corrected chi connectivity index (χ2v) is 8.13. The van der Waals surface area contributed by atoms with Gasteiger partial charge in [-0.25, -0.2) is 13.8 Å². The number of aromatic nitrogens is 2. The average Bonchev–Trinajstić information content (AvgIpc) is 3.24. The molecule has 9 heteroatoms. The maximum absolute atomic E-state index is 13.5. The summed E-state index contributed by atoms with van der Waals surface area (Å²) in [5.41, 5.74) is 1.52. The molecule has 0 unspecified atom stereocenters. The molecule has 5 rings (SSSR count). The lowest BCUT2D eigenvalue weighted by molar-refractivity contribution is 0.407. The van der Waals surface area contributed by atoms with Crippen LogP contribution in [0.2, 0.25) is 0 Å². The lowest BCUT2D eigenvalue weighted by atomic mass is 9.95. The largest absolute Gasteiger partial charge is 0.497 e. The highest BCUT2D eigenvalue weighted by molar-refractivity contribution is 5.95. The van der Waals surface area contributed by atoms with E-state index in [0.717, 1.165) is 17.5 Å². The Bertz CT molecular complexity index is 1460. The maximum Gasteiger partial charge on any atom is 0.270 e. The zero-order chi connectivity index (χ0) is 23.3. The Balaban J connectivity index is 1.49. The molecule has 0 aliphatic carbocycles. The SMILES string of the molecule is COc1ccc2c(N3CCC(c4nc5cc(F)c(F)cc5o4)CC3)c(C#N)c(=O)n(C)c2c1. The molecule has 33 heavy (non-hydrogen) atoms. The molecule has 1 aliphatic heterocycles. The van der Waals surface area contributed by atoms with Gasteiger partial charge < -0.3 is 18.6 Å².